The third-order valence-corrected chi connectivity index (χ3v) is 3.49. The van der Waals surface area contributed by atoms with Gasteiger partial charge in [0.15, 0.2) is 0 Å². The van der Waals surface area contributed by atoms with Crippen molar-refractivity contribution in [2.45, 2.75) is 43.6 Å². The van der Waals surface area contributed by atoms with Crippen LogP contribution >= 0.6 is 11.8 Å². The number of hydrogen-bond donors (Lipinski definition) is 2. The lowest BCUT2D eigenvalue weighted by Crippen LogP contribution is -2.22. The van der Waals surface area contributed by atoms with Crippen LogP contribution in [0.25, 0.3) is 0 Å². The van der Waals surface area contributed by atoms with Crippen molar-refractivity contribution in [3.63, 3.8) is 0 Å². The van der Waals surface area contributed by atoms with Gasteiger partial charge in [-0.05, 0) is 30.2 Å². The Morgan fingerprint density at radius 2 is 2.44 bits per heavy atom. The van der Waals surface area contributed by atoms with Gasteiger partial charge in [0.25, 0.3) is 0 Å². The van der Waals surface area contributed by atoms with E-state index in [1.54, 1.807) is 11.6 Å². The fraction of sp³-hybridized carbons (Fsp3) is 0.889. The summed E-state index contributed by atoms with van der Waals surface area (Å²) in [6.07, 6.45) is 2.25. The fourth-order valence-corrected chi connectivity index (χ4v) is 2.06. The first-order valence-electron chi connectivity index (χ1n) is 5.56. The van der Waals surface area contributed by atoms with Crippen LogP contribution in [0.15, 0.2) is 5.16 Å². The van der Waals surface area contributed by atoms with Crippen LogP contribution in [0.3, 0.4) is 0 Å². The number of rotatable bonds is 7. The van der Waals surface area contributed by atoms with Crippen LogP contribution in [-0.2, 0) is 6.54 Å². The number of aliphatic hydroxyl groups is 1. The van der Waals surface area contributed by atoms with Gasteiger partial charge in [0, 0.05) is 18.3 Å². The summed E-state index contributed by atoms with van der Waals surface area (Å²) in [7, 11) is 0. The van der Waals surface area contributed by atoms with Crippen LogP contribution in [0.5, 0.6) is 0 Å². The molecule has 0 radical (unpaired) electrons. The molecule has 1 heterocycles. The van der Waals surface area contributed by atoms with Crippen molar-refractivity contribution in [2.75, 3.05) is 12.3 Å². The van der Waals surface area contributed by atoms with Crippen LogP contribution < -0.4 is 5.32 Å². The highest BCUT2D eigenvalue weighted by atomic mass is 32.2. The second-order valence-electron chi connectivity index (χ2n) is 4.07. The van der Waals surface area contributed by atoms with Crippen molar-refractivity contribution in [1.82, 2.24) is 25.5 Å². The molecular weight excluding hydrogens is 226 g/mol. The Morgan fingerprint density at radius 3 is 3.12 bits per heavy atom. The van der Waals surface area contributed by atoms with Crippen molar-refractivity contribution in [3.05, 3.63) is 0 Å². The number of aromatic nitrogens is 4. The molecule has 1 saturated carbocycles. The van der Waals surface area contributed by atoms with E-state index in [0.717, 1.165) is 18.2 Å². The smallest absolute Gasteiger partial charge is 0.209 e. The van der Waals surface area contributed by atoms with Crippen LogP contribution in [0.1, 0.15) is 19.8 Å². The predicted octanol–water partition coefficient (Wildman–Crippen LogP) is -0.102. The van der Waals surface area contributed by atoms with Gasteiger partial charge >= 0.3 is 0 Å². The van der Waals surface area contributed by atoms with Gasteiger partial charge in [-0.1, -0.05) is 11.8 Å². The number of nitrogens with zero attached hydrogens (tertiary/aromatic N) is 4. The molecule has 1 fully saturated rings. The average Bonchev–Trinajstić information content (AvgIpc) is 2.95. The molecule has 0 bridgehead atoms. The van der Waals surface area contributed by atoms with E-state index in [9.17, 15) is 5.11 Å². The Bertz CT molecular complexity index is 325. The van der Waals surface area contributed by atoms with E-state index in [-0.39, 0.29) is 6.10 Å². The van der Waals surface area contributed by atoms with E-state index in [0.29, 0.717) is 11.8 Å². The summed E-state index contributed by atoms with van der Waals surface area (Å²) in [5.41, 5.74) is 0. The summed E-state index contributed by atoms with van der Waals surface area (Å²) in [5.74, 6) is 0.621. The van der Waals surface area contributed by atoms with E-state index >= 15 is 0 Å². The monoisotopic (exact) mass is 243 g/mol. The molecule has 16 heavy (non-hydrogen) atoms. The van der Waals surface area contributed by atoms with Crippen molar-refractivity contribution in [2.24, 2.45) is 0 Å². The van der Waals surface area contributed by atoms with E-state index in [1.807, 2.05) is 0 Å². The van der Waals surface area contributed by atoms with Gasteiger partial charge in [0.1, 0.15) is 0 Å². The summed E-state index contributed by atoms with van der Waals surface area (Å²) in [4.78, 5) is 0. The number of tetrazole rings is 1. The molecular formula is C9H17N5OS. The molecule has 0 aromatic carbocycles. The number of nitrogens with one attached hydrogen (secondary N) is 1. The Labute approximate surface area is 98.8 Å². The van der Waals surface area contributed by atoms with Gasteiger partial charge in [-0.2, -0.15) is 0 Å². The highest BCUT2D eigenvalue weighted by molar-refractivity contribution is 7.99. The molecule has 0 spiro atoms. The highest BCUT2D eigenvalue weighted by Gasteiger charge is 2.20. The molecule has 90 valence electrons. The second-order valence-corrected chi connectivity index (χ2v) is 5.06. The van der Waals surface area contributed by atoms with Gasteiger partial charge in [0.05, 0.1) is 12.6 Å². The second kappa shape index (κ2) is 5.60. The first-order valence-corrected chi connectivity index (χ1v) is 6.54. The minimum atomic E-state index is -0.334. The van der Waals surface area contributed by atoms with E-state index in [4.69, 9.17) is 0 Å². The summed E-state index contributed by atoms with van der Waals surface area (Å²) >= 11 is 1.49. The molecule has 1 aliphatic rings. The predicted molar refractivity (Wildman–Crippen MR) is 61.2 cm³/mol. The quantitative estimate of drug-likeness (QED) is 0.651. The molecule has 1 unspecified atom stereocenters. The maximum atomic E-state index is 9.19. The lowest BCUT2D eigenvalue weighted by molar-refractivity contribution is 0.220. The maximum Gasteiger partial charge on any atom is 0.209 e. The highest BCUT2D eigenvalue weighted by Crippen LogP contribution is 2.18. The van der Waals surface area contributed by atoms with Gasteiger partial charge in [-0.3, -0.25) is 0 Å². The molecule has 0 saturated heterocycles. The Balaban J connectivity index is 1.75. The van der Waals surface area contributed by atoms with E-state index < -0.39 is 0 Å². The lowest BCUT2D eigenvalue weighted by Gasteiger charge is -2.06. The summed E-state index contributed by atoms with van der Waals surface area (Å²) < 4.78 is 1.78. The van der Waals surface area contributed by atoms with Crippen molar-refractivity contribution >= 4 is 11.8 Å². The third kappa shape index (κ3) is 3.73. The normalized spacial score (nSPS) is 17.6. The van der Waals surface area contributed by atoms with Crippen LogP contribution in [-0.4, -0.2) is 49.8 Å². The molecule has 2 N–H and O–H groups in total. The topological polar surface area (TPSA) is 75.9 Å². The average molecular weight is 243 g/mol. The molecule has 1 aliphatic carbocycles. The van der Waals surface area contributed by atoms with Crippen molar-refractivity contribution in [1.29, 1.82) is 0 Å². The maximum absolute atomic E-state index is 9.19. The SMILES string of the molecule is CC(O)CSc1nnnn1CCNC1CC1. The largest absolute Gasteiger partial charge is 0.393 e. The zero-order chi connectivity index (χ0) is 11.4. The zero-order valence-electron chi connectivity index (χ0n) is 9.33. The standard InChI is InChI=1S/C9H17N5OS/c1-7(15)6-16-9-11-12-13-14(9)5-4-10-8-2-3-8/h7-8,10,15H,2-6H2,1H3. The Morgan fingerprint density at radius 1 is 1.62 bits per heavy atom. The molecule has 0 aliphatic heterocycles. The Hall–Kier alpha value is -0.660. The van der Waals surface area contributed by atoms with Gasteiger partial charge in [-0.15, -0.1) is 5.10 Å². The molecule has 0 amide bonds. The Kier molecular flexibility index (Phi) is 4.14. The minimum Gasteiger partial charge on any atom is -0.393 e. The zero-order valence-corrected chi connectivity index (χ0v) is 10.2. The van der Waals surface area contributed by atoms with E-state index in [1.165, 1.54) is 24.6 Å². The molecule has 1 aromatic rings. The molecule has 6 nitrogen and oxygen atoms in total. The van der Waals surface area contributed by atoms with E-state index in [2.05, 4.69) is 20.8 Å². The molecule has 1 aromatic heterocycles. The lowest BCUT2D eigenvalue weighted by atomic mass is 10.5. The minimum absolute atomic E-state index is 0.334. The van der Waals surface area contributed by atoms with Crippen molar-refractivity contribution < 1.29 is 5.11 Å². The van der Waals surface area contributed by atoms with Crippen LogP contribution in [0.4, 0.5) is 0 Å². The molecule has 2 rings (SSSR count). The molecule has 7 heteroatoms. The third-order valence-electron chi connectivity index (χ3n) is 2.29. The number of aliphatic hydroxyl groups excluding tert-OH is 1. The van der Waals surface area contributed by atoms with Gasteiger partial charge in [0.2, 0.25) is 5.16 Å². The van der Waals surface area contributed by atoms with Gasteiger partial charge in [-0.25, -0.2) is 4.68 Å². The first-order chi connectivity index (χ1) is 7.75. The summed E-state index contributed by atoms with van der Waals surface area (Å²) in [6, 6.07) is 0.713. The summed E-state index contributed by atoms with van der Waals surface area (Å²) in [5, 5.41) is 24.9. The first kappa shape index (κ1) is 11.8. The van der Waals surface area contributed by atoms with Crippen LogP contribution in [0, 0.1) is 0 Å². The fourth-order valence-electron chi connectivity index (χ4n) is 1.30. The number of thioether (sulfide) groups is 1. The summed E-state index contributed by atoms with van der Waals surface area (Å²) in [6.45, 7) is 3.44. The van der Waals surface area contributed by atoms with Crippen molar-refractivity contribution in [3.8, 4) is 0 Å². The van der Waals surface area contributed by atoms with Gasteiger partial charge < -0.3 is 10.4 Å². The number of hydrogen-bond acceptors (Lipinski definition) is 6. The van der Waals surface area contributed by atoms with Crippen LogP contribution in [0.2, 0.25) is 0 Å². The molecule has 1 atom stereocenters.